The van der Waals surface area contributed by atoms with E-state index in [1.165, 1.54) is 36.4 Å². The monoisotopic (exact) mass is 412 g/mol. The second-order valence-corrected chi connectivity index (χ2v) is 7.79. The largest absolute Gasteiger partial charge is 0.433 e. The zero-order valence-electron chi connectivity index (χ0n) is 14.2. The molecule has 0 bridgehead atoms. The fourth-order valence-corrected chi connectivity index (χ4v) is 2.88. The Kier molecular flexibility index (Phi) is 5.07. The number of hydrogen-bond acceptors (Lipinski definition) is 5. The molecule has 0 radical (unpaired) electrons. The molecule has 3 rings (SSSR count). The summed E-state index contributed by atoms with van der Waals surface area (Å²) in [7, 11) is -3.45. The molecule has 5 nitrogen and oxygen atoms in total. The van der Waals surface area contributed by atoms with Gasteiger partial charge in [0.2, 0.25) is 0 Å². The van der Waals surface area contributed by atoms with Crippen LogP contribution in [0, 0.1) is 5.82 Å². The molecule has 1 heterocycles. The number of sulfone groups is 1. The van der Waals surface area contributed by atoms with E-state index in [1.54, 1.807) is 0 Å². The molecule has 0 atom stereocenters. The molecule has 0 unspecified atom stereocenters. The molecule has 0 saturated carbocycles. The van der Waals surface area contributed by atoms with Crippen molar-refractivity contribution >= 4 is 9.84 Å². The van der Waals surface area contributed by atoms with Crippen LogP contribution in [0.3, 0.4) is 0 Å². The van der Waals surface area contributed by atoms with E-state index in [0.29, 0.717) is 0 Å². The maximum absolute atomic E-state index is 13.2. The molecule has 2 aromatic carbocycles. The molecule has 0 fully saturated rings. The van der Waals surface area contributed by atoms with Gasteiger partial charge in [-0.15, -0.1) is 0 Å². The number of alkyl halides is 3. The second kappa shape index (κ2) is 7.19. The van der Waals surface area contributed by atoms with E-state index in [2.05, 4.69) is 9.97 Å². The van der Waals surface area contributed by atoms with Crippen LogP contribution in [0.5, 0.6) is 11.8 Å². The number of halogens is 4. The Morgan fingerprint density at radius 2 is 1.54 bits per heavy atom. The van der Waals surface area contributed by atoms with Crippen LogP contribution in [0.25, 0.3) is 11.3 Å². The third-order valence-electron chi connectivity index (χ3n) is 3.60. The average molecular weight is 412 g/mol. The van der Waals surface area contributed by atoms with Gasteiger partial charge in [-0.2, -0.15) is 23.1 Å². The van der Waals surface area contributed by atoms with Crippen molar-refractivity contribution in [1.29, 1.82) is 0 Å². The number of benzene rings is 2. The maximum atomic E-state index is 13.2. The average Bonchev–Trinajstić information content (AvgIpc) is 2.62. The quantitative estimate of drug-likeness (QED) is 0.591. The van der Waals surface area contributed by atoms with Gasteiger partial charge in [-0.1, -0.05) is 12.1 Å². The first-order valence-electron chi connectivity index (χ1n) is 7.72. The number of aromatic nitrogens is 2. The number of hydrogen-bond donors (Lipinski definition) is 0. The zero-order chi connectivity index (χ0) is 20.5. The fraction of sp³-hybridized carbons (Fsp3) is 0.111. The molecule has 0 saturated heterocycles. The summed E-state index contributed by atoms with van der Waals surface area (Å²) in [6, 6.07) is 9.94. The van der Waals surface area contributed by atoms with Crippen molar-refractivity contribution in [1.82, 2.24) is 9.97 Å². The van der Waals surface area contributed by atoms with Crippen LogP contribution < -0.4 is 4.74 Å². The molecule has 1 aromatic heterocycles. The Balaban J connectivity index is 2.04. The first-order chi connectivity index (χ1) is 13.0. The van der Waals surface area contributed by atoms with Gasteiger partial charge in [0.1, 0.15) is 11.6 Å². The van der Waals surface area contributed by atoms with E-state index in [4.69, 9.17) is 4.74 Å². The van der Waals surface area contributed by atoms with Crippen LogP contribution in [-0.4, -0.2) is 24.6 Å². The standard InChI is InChI=1S/C18H12F4N2O3S/c1-28(25,26)14-8-2-11(3-9-14)15-10-16(18(20,21)22)24-17(23-15)27-13-6-4-12(19)5-7-13/h2-10H,1H3. The zero-order valence-corrected chi connectivity index (χ0v) is 15.1. The molecular formula is C18H12F4N2O3S. The van der Waals surface area contributed by atoms with Crippen LogP contribution >= 0.6 is 0 Å². The molecule has 0 N–H and O–H groups in total. The van der Waals surface area contributed by atoms with Gasteiger partial charge in [0, 0.05) is 11.8 Å². The van der Waals surface area contributed by atoms with Crippen LogP contribution in [0.4, 0.5) is 17.6 Å². The van der Waals surface area contributed by atoms with E-state index in [-0.39, 0.29) is 21.9 Å². The highest BCUT2D eigenvalue weighted by atomic mass is 32.2. The van der Waals surface area contributed by atoms with Crippen LogP contribution in [-0.2, 0) is 16.0 Å². The minimum atomic E-state index is -4.76. The Labute approximate surface area is 157 Å². The Morgan fingerprint density at radius 1 is 0.929 bits per heavy atom. The van der Waals surface area contributed by atoms with E-state index < -0.39 is 33.5 Å². The van der Waals surface area contributed by atoms with E-state index in [9.17, 15) is 26.0 Å². The summed E-state index contributed by atoms with van der Waals surface area (Å²) in [5.41, 5.74) is -1.11. The van der Waals surface area contributed by atoms with Crippen LogP contribution in [0.2, 0.25) is 0 Å². The number of rotatable bonds is 4. The lowest BCUT2D eigenvalue weighted by Crippen LogP contribution is -2.10. The van der Waals surface area contributed by atoms with Crippen molar-refractivity contribution in [3.63, 3.8) is 0 Å². The Hall–Kier alpha value is -3.01. The third-order valence-corrected chi connectivity index (χ3v) is 4.73. The van der Waals surface area contributed by atoms with Crippen LogP contribution in [0.15, 0.2) is 59.5 Å². The lowest BCUT2D eigenvalue weighted by Gasteiger charge is -2.11. The van der Waals surface area contributed by atoms with Crippen molar-refractivity contribution in [3.8, 4) is 23.0 Å². The summed E-state index contributed by atoms with van der Waals surface area (Å²) in [5.74, 6) is -0.483. The van der Waals surface area contributed by atoms with Crippen LogP contribution in [0.1, 0.15) is 5.69 Å². The predicted molar refractivity (Wildman–Crippen MR) is 92.1 cm³/mol. The van der Waals surface area contributed by atoms with Crippen molar-refractivity contribution in [3.05, 3.63) is 66.1 Å². The smallest absolute Gasteiger partial charge is 0.424 e. The van der Waals surface area contributed by atoms with E-state index >= 15 is 0 Å². The lowest BCUT2D eigenvalue weighted by atomic mass is 10.1. The Bertz CT molecular complexity index is 1100. The molecule has 3 aromatic rings. The van der Waals surface area contributed by atoms with Gasteiger partial charge in [0.25, 0.3) is 0 Å². The molecule has 0 spiro atoms. The SMILES string of the molecule is CS(=O)(=O)c1ccc(-c2cc(C(F)(F)F)nc(Oc3ccc(F)cc3)n2)cc1. The van der Waals surface area contributed by atoms with E-state index in [1.807, 2.05) is 0 Å². The highest BCUT2D eigenvalue weighted by Gasteiger charge is 2.34. The molecule has 0 aliphatic rings. The molecule has 146 valence electrons. The molecule has 0 aliphatic heterocycles. The van der Waals surface area contributed by atoms with Crippen molar-refractivity contribution < 1.29 is 30.7 Å². The summed E-state index contributed by atoms with van der Waals surface area (Å²) in [6.45, 7) is 0. The van der Waals surface area contributed by atoms with E-state index in [0.717, 1.165) is 24.5 Å². The minimum absolute atomic E-state index is 0.0177. The molecular weight excluding hydrogens is 400 g/mol. The maximum Gasteiger partial charge on any atom is 0.433 e. The van der Waals surface area contributed by atoms with Gasteiger partial charge < -0.3 is 4.74 Å². The third kappa shape index (κ3) is 4.63. The summed E-state index contributed by atoms with van der Waals surface area (Å²) in [6.07, 6.45) is -3.74. The van der Waals surface area contributed by atoms with Gasteiger partial charge in [0.05, 0.1) is 10.6 Å². The molecule has 0 aliphatic carbocycles. The summed E-state index contributed by atoms with van der Waals surface area (Å²) < 4.78 is 80.8. The molecule has 10 heteroatoms. The highest BCUT2D eigenvalue weighted by Crippen LogP contribution is 2.32. The summed E-state index contributed by atoms with van der Waals surface area (Å²) in [4.78, 5) is 7.32. The van der Waals surface area contributed by atoms with Crippen molar-refractivity contribution in [2.45, 2.75) is 11.1 Å². The first-order valence-corrected chi connectivity index (χ1v) is 9.62. The van der Waals surface area contributed by atoms with Crippen molar-refractivity contribution in [2.75, 3.05) is 6.26 Å². The summed E-state index contributed by atoms with van der Waals surface area (Å²) in [5, 5.41) is 0. The van der Waals surface area contributed by atoms with Gasteiger partial charge in [-0.25, -0.2) is 12.8 Å². The summed E-state index contributed by atoms with van der Waals surface area (Å²) >= 11 is 0. The second-order valence-electron chi connectivity index (χ2n) is 5.77. The molecule has 28 heavy (non-hydrogen) atoms. The highest BCUT2D eigenvalue weighted by molar-refractivity contribution is 7.90. The van der Waals surface area contributed by atoms with Gasteiger partial charge in [-0.05, 0) is 42.5 Å². The number of ether oxygens (including phenoxy) is 1. The molecule has 0 amide bonds. The van der Waals surface area contributed by atoms with Crippen molar-refractivity contribution in [2.24, 2.45) is 0 Å². The Morgan fingerprint density at radius 3 is 2.07 bits per heavy atom. The number of nitrogens with zero attached hydrogens (tertiary/aromatic N) is 2. The topological polar surface area (TPSA) is 69.2 Å². The van der Waals surface area contributed by atoms with Gasteiger partial charge in [0.15, 0.2) is 15.5 Å². The minimum Gasteiger partial charge on any atom is -0.424 e. The fourth-order valence-electron chi connectivity index (χ4n) is 2.24. The first kappa shape index (κ1) is 19.7. The lowest BCUT2D eigenvalue weighted by molar-refractivity contribution is -0.141. The van der Waals surface area contributed by atoms with Gasteiger partial charge >= 0.3 is 12.2 Å². The normalized spacial score (nSPS) is 12.0. The van der Waals surface area contributed by atoms with Gasteiger partial charge in [-0.3, -0.25) is 0 Å². The predicted octanol–water partition coefficient (Wildman–Crippen LogP) is 4.50.